The van der Waals surface area contributed by atoms with Gasteiger partial charge in [0.15, 0.2) is 6.61 Å². The number of nitrogens with one attached hydrogen (secondary N) is 1. The molecule has 1 saturated carbocycles. The zero-order valence-corrected chi connectivity index (χ0v) is 21.6. The molecule has 0 radical (unpaired) electrons. The van der Waals surface area contributed by atoms with Gasteiger partial charge in [-0.2, -0.15) is 0 Å². The van der Waals surface area contributed by atoms with Gasteiger partial charge in [0.05, 0.1) is 17.0 Å². The molecular formula is C26H33F2N5O2S. The van der Waals surface area contributed by atoms with Crippen molar-refractivity contribution >= 4 is 22.9 Å². The number of halogens is 2. The number of hydrogen-bond donors (Lipinski definition) is 1. The van der Waals surface area contributed by atoms with Crippen LogP contribution in [0.3, 0.4) is 0 Å². The van der Waals surface area contributed by atoms with Crippen LogP contribution in [0.5, 0.6) is 5.19 Å². The van der Waals surface area contributed by atoms with E-state index in [0.29, 0.717) is 22.3 Å². The molecule has 2 aliphatic rings. The number of alkyl halides is 2. The molecular weight excluding hydrogens is 484 g/mol. The zero-order valence-electron chi connectivity index (χ0n) is 20.8. The summed E-state index contributed by atoms with van der Waals surface area (Å²) in [5.41, 5.74) is 3.18. The maximum atomic E-state index is 13.1. The van der Waals surface area contributed by atoms with Crippen LogP contribution in [0.2, 0.25) is 0 Å². The number of carbonyl (C=O) groups excluding carboxylic acids is 1. The number of nitrogens with zero attached hydrogens (tertiary/aromatic N) is 4. The lowest BCUT2D eigenvalue weighted by Crippen LogP contribution is -2.38. The van der Waals surface area contributed by atoms with E-state index in [-0.39, 0.29) is 11.9 Å². The Morgan fingerprint density at radius 3 is 2.86 bits per heavy atom. The molecule has 1 N–H and O–H groups in total. The number of pyridine rings is 1. The van der Waals surface area contributed by atoms with E-state index in [1.807, 2.05) is 35.9 Å². The lowest BCUT2D eigenvalue weighted by Gasteiger charge is -2.32. The Balaban J connectivity index is 1.06. The van der Waals surface area contributed by atoms with Crippen molar-refractivity contribution in [2.45, 2.75) is 70.9 Å². The number of thiazole rings is 1. The normalized spacial score (nSPS) is 20.9. The average molecular weight is 518 g/mol. The van der Waals surface area contributed by atoms with Crippen LogP contribution < -0.4 is 10.1 Å². The van der Waals surface area contributed by atoms with Crippen molar-refractivity contribution in [1.29, 1.82) is 0 Å². The highest BCUT2D eigenvalue weighted by Crippen LogP contribution is 2.32. The summed E-state index contributed by atoms with van der Waals surface area (Å²) >= 11 is 1.40. The number of ether oxygens (including phenoxy) is 1. The Hall–Kier alpha value is -2.59. The first-order chi connectivity index (χ1) is 17.2. The van der Waals surface area contributed by atoms with Gasteiger partial charge in [0, 0.05) is 43.3 Å². The maximum absolute atomic E-state index is 13.1. The van der Waals surface area contributed by atoms with Crippen molar-refractivity contribution in [3.8, 4) is 5.19 Å². The van der Waals surface area contributed by atoms with Crippen LogP contribution in [0, 0.1) is 12.8 Å². The number of rotatable bonds is 8. The number of hydrogen-bond acceptors (Lipinski definition) is 6. The third-order valence-corrected chi connectivity index (χ3v) is 8.19. The second-order valence-corrected chi connectivity index (χ2v) is 11.3. The molecule has 4 heterocycles. The van der Waals surface area contributed by atoms with Gasteiger partial charge in [0.1, 0.15) is 5.65 Å². The Bertz CT molecular complexity index is 1210. The lowest BCUT2D eigenvalue weighted by atomic mass is 9.84. The minimum Gasteiger partial charge on any atom is -0.464 e. The minimum atomic E-state index is -2.85. The summed E-state index contributed by atoms with van der Waals surface area (Å²) in [5, 5.41) is 3.58. The first kappa shape index (κ1) is 25.1. The van der Waals surface area contributed by atoms with Gasteiger partial charge in [-0.25, -0.2) is 18.7 Å². The molecule has 0 spiro atoms. The molecule has 1 amide bonds. The Morgan fingerprint density at radius 1 is 1.28 bits per heavy atom. The summed E-state index contributed by atoms with van der Waals surface area (Å²) in [6.45, 7) is 4.86. The van der Waals surface area contributed by atoms with E-state index in [4.69, 9.17) is 4.74 Å². The fraction of sp³-hybridized carbons (Fsp3) is 0.577. The molecule has 0 saturated heterocycles. The van der Waals surface area contributed by atoms with Crippen LogP contribution >= 0.6 is 11.3 Å². The second kappa shape index (κ2) is 10.4. The molecule has 3 aromatic rings. The van der Waals surface area contributed by atoms with Gasteiger partial charge >= 0.3 is 0 Å². The van der Waals surface area contributed by atoms with Crippen molar-refractivity contribution in [2.24, 2.45) is 5.92 Å². The Morgan fingerprint density at radius 2 is 2.08 bits per heavy atom. The summed E-state index contributed by atoms with van der Waals surface area (Å²) in [6, 6.07) is 3.92. The van der Waals surface area contributed by atoms with Crippen molar-refractivity contribution in [2.75, 3.05) is 19.7 Å². The number of amides is 1. The monoisotopic (exact) mass is 517 g/mol. The third kappa shape index (κ3) is 6.03. The molecule has 7 nitrogen and oxygen atoms in total. The predicted molar refractivity (Wildman–Crippen MR) is 135 cm³/mol. The molecule has 194 valence electrons. The summed E-state index contributed by atoms with van der Waals surface area (Å²) in [6.07, 6.45) is 10.1. The first-order valence-corrected chi connectivity index (χ1v) is 13.5. The highest BCUT2D eigenvalue weighted by atomic mass is 32.1. The number of carbonyl (C=O) groups is 1. The van der Waals surface area contributed by atoms with Gasteiger partial charge in [0.2, 0.25) is 0 Å². The van der Waals surface area contributed by atoms with Crippen molar-refractivity contribution < 1.29 is 18.3 Å². The number of aryl methyl sites for hydroxylation is 1. The molecule has 1 aliphatic carbocycles. The smallest absolute Gasteiger partial charge is 0.278 e. The standard InChI is InChI=1S/C26H33F2N5O2S/c1-17-14-33-11-3-4-20(23(33)29-17)24(34)30-19-7-5-18(6-8-19)9-12-32-13-10-22-21(15-32)31-25(36-22)35-16-26(2,27)28/h3-4,11,14,18-19H,5-10,12-13,15-16H2,1-2H3,(H,30,34). The minimum absolute atomic E-state index is 0.0481. The molecule has 5 rings (SSSR count). The number of aromatic nitrogens is 3. The van der Waals surface area contributed by atoms with Gasteiger partial charge in [0.25, 0.3) is 17.0 Å². The van der Waals surface area contributed by atoms with Crippen LogP contribution in [0.4, 0.5) is 8.78 Å². The van der Waals surface area contributed by atoms with E-state index >= 15 is 0 Å². The van der Waals surface area contributed by atoms with Crippen LogP contribution in [0.1, 0.15) is 65.7 Å². The Kier molecular flexibility index (Phi) is 7.25. The first-order valence-electron chi connectivity index (χ1n) is 12.7. The zero-order chi connectivity index (χ0) is 25.3. The molecule has 3 aromatic heterocycles. The molecule has 1 fully saturated rings. The average Bonchev–Trinajstić information content (AvgIpc) is 3.43. The highest BCUT2D eigenvalue weighted by molar-refractivity contribution is 7.13. The van der Waals surface area contributed by atoms with Gasteiger partial charge in [-0.05, 0) is 70.0 Å². The van der Waals surface area contributed by atoms with Crippen LogP contribution in [-0.4, -0.2) is 56.8 Å². The molecule has 0 atom stereocenters. The van der Waals surface area contributed by atoms with Gasteiger partial charge in [-0.15, -0.1) is 0 Å². The molecule has 0 unspecified atom stereocenters. The van der Waals surface area contributed by atoms with Gasteiger partial charge in [-0.3, -0.25) is 9.69 Å². The second-order valence-electron chi connectivity index (χ2n) is 10.2. The van der Waals surface area contributed by atoms with Crippen LogP contribution in [0.15, 0.2) is 24.5 Å². The van der Waals surface area contributed by atoms with Crippen LogP contribution in [-0.2, 0) is 13.0 Å². The van der Waals surface area contributed by atoms with E-state index in [9.17, 15) is 13.6 Å². The van der Waals surface area contributed by atoms with E-state index in [2.05, 4.69) is 20.2 Å². The molecule has 36 heavy (non-hydrogen) atoms. The highest BCUT2D eigenvalue weighted by Gasteiger charge is 2.27. The Labute approximate surface area is 213 Å². The van der Waals surface area contributed by atoms with Crippen LogP contribution in [0.25, 0.3) is 5.65 Å². The van der Waals surface area contributed by atoms with Crippen molar-refractivity contribution in [3.63, 3.8) is 0 Å². The SMILES string of the molecule is Cc1cn2cccc(C(=O)NC3CCC(CCN4CCc5sc(OCC(C)(F)F)nc5C4)CC3)c2n1. The molecule has 0 aromatic carbocycles. The number of imidazole rings is 1. The predicted octanol–water partition coefficient (Wildman–Crippen LogP) is 4.87. The summed E-state index contributed by atoms with van der Waals surface area (Å²) < 4.78 is 33.2. The topological polar surface area (TPSA) is 71.8 Å². The lowest BCUT2D eigenvalue weighted by molar-refractivity contribution is -0.0230. The quantitative estimate of drug-likeness (QED) is 0.462. The molecule has 10 heteroatoms. The van der Waals surface area contributed by atoms with E-state index in [0.717, 1.165) is 81.3 Å². The summed E-state index contributed by atoms with van der Waals surface area (Å²) in [7, 11) is 0. The van der Waals surface area contributed by atoms with Crippen molar-refractivity contribution in [3.05, 3.63) is 46.4 Å². The summed E-state index contributed by atoms with van der Waals surface area (Å²) in [4.78, 5) is 25.4. The van der Waals surface area contributed by atoms with Gasteiger partial charge < -0.3 is 14.5 Å². The molecule has 1 aliphatic heterocycles. The molecule has 0 bridgehead atoms. The maximum Gasteiger partial charge on any atom is 0.278 e. The fourth-order valence-electron chi connectivity index (χ4n) is 5.21. The third-order valence-electron chi connectivity index (χ3n) is 7.12. The van der Waals surface area contributed by atoms with Gasteiger partial charge in [-0.1, -0.05) is 11.3 Å². The van der Waals surface area contributed by atoms with Crippen molar-refractivity contribution in [1.82, 2.24) is 24.6 Å². The number of fused-ring (bicyclic) bond motifs is 2. The fourth-order valence-corrected chi connectivity index (χ4v) is 6.11. The van der Waals surface area contributed by atoms with E-state index in [1.165, 1.54) is 11.3 Å². The summed E-state index contributed by atoms with van der Waals surface area (Å²) in [5.74, 6) is -2.25. The van der Waals surface area contributed by atoms with E-state index < -0.39 is 12.5 Å². The largest absolute Gasteiger partial charge is 0.464 e. The van der Waals surface area contributed by atoms with E-state index in [1.54, 1.807) is 0 Å².